The molecule has 1 aliphatic heterocycles. The van der Waals surface area contributed by atoms with E-state index in [1.807, 2.05) is 54.3 Å². The molecule has 8 heteroatoms. The maximum Gasteiger partial charge on any atom is 0.293 e. The minimum Gasteiger partial charge on any atom is -0.378 e. The molecule has 0 bridgehead atoms. The fourth-order valence-corrected chi connectivity index (χ4v) is 3.57. The summed E-state index contributed by atoms with van der Waals surface area (Å²) in [6.45, 7) is 4.20. The SMILES string of the molecule is Cc1ccc(Nc2ccccc2NC(=O)c2ccc(N3CCOCC3)c([N+](=O)[O-])c2)cc1. The van der Waals surface area contributed by atoms with Crippen molar-refractivity contribution >= 4 is 34.3 Å². The van der Waals surface area contributed by atoms with Crippen LogP contribution >= 0.6 is 0 Å². The zero-order chi connectivity index (χ0) is 22.5. The summed E-state index contributed by atoms with van der Waals surface area (Å²) in [4.78, 5) is 26.1. The molecular weight excluding hydrogens is 408 g/mol. The maximum atomic E-state index is 12.9. The molecule has 32 heavy (non-hydrogen) atoms. The number of carbonyl (C=O) groups is 1. The summed E-state index contributed by atoms with van der Waals surface area (Å²) in [5.41, 5.74) is 3.98. The highest BCUT2D eigenvalue weighted by molar-refractivity contribution is 6.06. The lowest BCUT2D eigenvalue weighted by Gasteiger charge is -2.28. The molecule has 1 amide bonds. The highest BCUT2D eigenvalue weighted by Crippen LogP contribution is 2.31. The van der Waals surface area contributed by atoms with E-state index in [-0.39, 0.29) is 11.3 Å². The van der Waals surface area contributed by atoms with Gasteiger partial charge in [0, 0.05) is 30.4 Å². The van der Waals surface area contributed by atoms with Crippen LogP contribution in [0.4, 0.5) is 28.4 Å². The zero-order valence-corrected chi connectivity index (χ0v) is 17.7. The zero-order valence-electron chi connectivity index (χ0n) is 17.7. The average Bonchev–Trinajstić information content (AvgIpc) is 2.82. The molecule has 3 aromatic rings. The van der Waals surface area contributed by atoms with Gasteiger partial charge < -0.3 is 20.3 Å². The number of aryl methyl sites for hydroxylation is 1. The van der Waals surface area contributed by atoms with Gasteiger partial charge in [-0.05, 0) is 43.3 Å². The van der Waals surface area contributed by atoms with E-state index >= 15 is 0 Å². The number of rotatable bonds is 6. The van der Waals surface area contributed by atoms with Crippen LogP contribution in [0.1, 0.15) is 15.9 Å². The van der Waals surface area contributed by atoms with E-state index < -0.39 is 10.8 Å². The Hall–Kier alpha value is -3.91. The third-order valence-corrected chi connectivity index (χ3v) is 5.29. The number of nitrogens with zero attached hydrogens (tertiary/aromatic N) is 2. The number of hydrogen-bond donors (Lipinski definition) is 2. The van der Waals surface area contributed by atoms with Gasteiger partial charge >= 0.3 is 0 Å². The molecule has 0 atom stereocenters. The standard InChI is InChI=1S/C24H24N4O4/c1-17-6-9-19(10-7-17)25-20-4-2-3-5-21(20)26-24(29)18-8-11-22(23(16-18)28(30)31)27-12-14-32-15-13-27/h2-11,16,25H,12-15H2,1H3,(H,26,29). The van der Waals surface area contributed by atoms with Gasteiger partial charge in [0.05, 0.1) is 29.5 Å². The van der Waals surface area contributed by atoms with Crippen molar-refractivity contribution in [3.05, 3.63) is 88.0 Å². The molecule has 1 fully saturated rings. The highest BCUT2D eigenvalue weighted by atomic mass is 16.6. The molecule has 0 saturated carbocycles. The fourth-order valence-electron chi connectivity index (χ4n) is 3.57. The van der Waals surface area contributed by atoms with Crippen LogP contribution < -0.4 is 15.5 Å². The van der Waals surface area contributed by atoms with Crippen LogP contribution in [-0.4, -0.2) is 37.1 Å². The Kier molecular flexibility index (Phi) is 6.32. The molecule has 1 saturated heterocycles. The topological polar surface area (TPSA) is 96.7 Å². The largest absolute Gasteiger partial charge is 0.378 e. The molecule has 0 unspecified atom stereocenters. The van der Waals surface area contributed by atoms with Crippen LogP contribution in [0.5, 0.6) is 0 Å². The van der Waals surface area contributed by atoms with Gasteiger partial charge in [0.1, 0.15) is 5.69 Å². The van der Waals surface area contributed by atoms with Crippen molar-refractivity contribution in [2.24, 2.45) is 0 Å². The molecule has 0 spiro atoms. The van der Waals surface area contributed by atoms with E-state index in [4.69, 9.17) is 4.74 Å². The Bertz CT molecular complexity index is 1130. The van der Waals surface area contributed by atoms with Gasteiger partial charge in [0.2, 0.25) is 0 Å². The molecule has 0 radical (unpaired) electrons. The van der Waals surface area contributed by atoms with Crippen LogP contribution in [0.15, 0.2) is 66.7 Å². The monoisotopic (exact) mass is 432 g/mol. The van der Waals surface area contributed by atoms with Crippen LogP contribution in [0.25, 0.3) is 0 Å². The summed E-state index contributed by atoms with van der Waals surface area (Å²) in [6.07, 6.45) is 0. The van der Waals surface area contributed by atoms with Gasteiger partial charge in [0.25, 0.3) is 11.6 Å². The summed E-state index contributed by atoms with van der Waals surface area (Å²) in [7, 11) is 0. The number of morpholine rings is 1. The fraction of sp³-hybridized carbons (Fsp3) is 0.208. The lowest BCUT2D eigenvalue weighted by atomic mass is 10.1. The van der Waals surface area contributed by atoms with Gasteiger partial charge in [-0.1, -0.05) is 29.8 Å². The first kappa shape index (κ1) is 21.3. The van der Waals surface area contributed by atoms with Crippen LogP contribution in [0, 0.1) is 17.0 Å². The van der Waals surface area contributed by atoms with E-state index in [1.54, 1.807) is 18.2 Å². The van der Waals surface area contributed by atoms with E-state index in [1.165, 1.54) is 6.07 Å². The van der Waals surface area contributed by atoms with Gasteiger partial charge in [-0.25, -0.2) is 0 Å². The average molecular weight is 432 g/mol. The van der Waals surface area contributed by atoms with E-state index in [0.717, 1.165) is 16.9 Å². The first-order chi connectivity index (χ1) is 15.5. The summed E-state index contributed by atoms with van der Waals surface area (Å²) >= 11 is 0. The number of carbonyl (C=O) groups excluding carboxylic acids is 1. The molecule has 3 aromatic carbocycles. The van der Waals surface area contributed by atoms with Crippen molar-refractivity contribution in [1.29, 1.82) is 0 Å². The number of hydrogen-bond acceptors (Lipinski definition) is 6. The van der Waals surface area contributed by atoms with Crippen LogP contribution in [0.2, 0.25) is 0 Å². The van der Waals surface area contributed by atoms with E-state index in [0.29, 0.717) is 37.7 Å². The quantitative estimate of drug-likeness (QED) is 0.432. The summed E-state index contributed by atoms with van der Waals surface area (Å²) in [5, 5.41) is 17.8. The van der Waals surface area contributed by atoms with E-state index in [9.17, 15) is 14.9 Å². The molecule has 1 heterocycles. The number of anilines is 4. The number of para-hydroxylation sites is 2. The minimum absolute atomic E-state index is 0.0920. The molecule has 0 aromatic heterocycles. The Morgan fingerprint density at radius 1 is 1.00 bits per heavy atom. The third kappa shape index (κ3) is 4.87. The van der Waals surface area contributed by atoms with Crippen LogP contribution in [-0.2, 0) is 4.74 Å². The predicted molar refractivity (Wildman–Crippen MR) is 125 cm³/mol. The second-order valence-corrected chi connectivity index (χ2v) is 7.55. The Morgan fingerprint density at radius 3 is 2.38 bits per heavy atom. The Morgan fingerprint density at radius 2 is 1.69 bits per heavy atom. The summed E-state index contributed by atoms with van der Waals surface area (Å²) < 4.78 is 5.33. The molecule has 1 aliphatic rings. The van der Waals surface area contributed by atoms with Crippen molar-refractivity contribution in [2.45, 2.75) is 6.92 Å². The number of nitro benzene ring substituents is 1. The number of ether oxygens (including phenoxy) is 1. The third-order valence-electron chi connectivity index (χ3n) is 5.29. The molecule has 0 aliphatic carbocycles. The smallest absolute Gasteiger partial charge is 0.293 e. The van der Waals surface area contributed by atoms with Crippen molar-refractivity contribution in [1.82, 2.24) is 0 Å². The second kappa shape index (κ2) is 9.49. The number of nitrogens with one attached hydrogen (secondary N) is 2. The molecule has 4 rings (SSSR count). The maximum absolute atomic E-state index is 12.9. The van der Waals surface area contributed by atoms with E-state index in [2.05, 4.69) is 10.6 Å². The number of nitro groups is 1. The minimum atomic E-state index is -0.450. The van der Waals surface area contributed by atoms with Crippen molar-refractivity contribution in [3.63, 3.8) is 0 Å². The Balaban J connectivity index is 1.56. The molecule has 164 valence electrons. The number of benzene rings is 3. The van der Waals surface area contributed by atoms with Gasteiger partial charge in [-0.2, -0.15) is 0 Å². The summed E-state index contributed by atoms with van der Waals surface area (Å²) in [5.74, 6) is -0.417. The van der Waals surface area contributed by atoms with Crippen LogP contribution in [0.3, 0.4) is 0 Å². The first-order valence-corrected chi connectivity index (χ1v) is 10.4. The molecular formula is C24H24N4O4. The normalized spacial score (nSPS) is 13.5. The van der Waals surface area contributed by atoms with Gasteiger partial charge in [0.15, 0.2) is 0 Å². The number of amides is 1. The molecule has 8 nitrogen and oxygen atoms in total. The predicted octanol–water partition coefficient (Wildman–Crippen LogP) is 4.74. The summed E-state index contributed by atoms with van der Waals surface area (Å²) in [6, 6.07) is 19.8. The van der Waals surface area contributed by atoms with Crippen molar-refractivity contribution in [2.75, 3.05) is 41.8 Å². The van der Waals surface area contributed by atoms with Crippen molar-refractivity contribution < 1.29 is 14.5 Å². The lowest BCUT2D eigenvalue weighted by molar-refractivity contribution is -0.384. The lowest BCUT2D eigenvalue weighted by Crippen LogP contribution is -2.36. The van der Waals surface area contributed by atoms with Gasteiger partial charge in [-0.3, -0.25) is 14.9 Å². The van der Waals surface area contributed by atoms with Crippen molar-refractivity contribution in [3.8, 4) is 0 Å². The second-order valence-electron chi connectivity index (χ2n) is 7.55. The first-order valence-electron chi connectivity index (χ1n) is 10.4. The highest BCUT2D eigenvalue weighted by Gasteiger charge is 2.23. The molecule has 2 N–H and O–H groups in total. The van der Waals surface area contributed by atoms with Gasteiger partial charge in [-0.15, -0.1) is 0 Å². The Labute approximate surface area is 186 Å².